The Bertz CT molecular complexity index is 1240. The average Bonchev–Trinajstić information content (AvgIpc) is 3.34. The molecule has 1 heterocycles. The van der Waals surface area contributed by atoms with Crippen LogP contribution >= 0.6 is 59.7 Å². The van der Waals surface area contributed by atoms with Crippen molar-refractivity contribution in [1.29, 1.82) is 0 Å². The van der Waals surface area contributed by atoms with E-state index in [-0.39, 0.29) is 28.4 Å². The van der Waals surface area contributed by atoms with Crippen LogP contribution in [0.4, 0.5) is 0 Å². The largest absolute Gasteiger partial charge is 0.440 e. The quantitative estimate of drug-likeness (QED) is 0.154. The van der Waals surface area contributed by atoms with Gasteiger partial charge >= 0.3 is 19.5 Å². The molecule has 9 nitrogen and oxygen atoms in total. The molecule has 1 atom stereocenters. The van der Waals surface area contributed by atoms with Crippen molar-refractivity contribution >= 4 is 71.5 Å². The summed E-state index contributed by atoms with van der Waals surface area (Å²) in [5, 5.41) is 5.01. The Morgan fingerprint density at radius 3 is 2.05 bits per heavy atom. The molecule has 1 aromatic heterocycles. The van der Waals surface area contributed by atoms with Crippen molar-refractivity contribution in [2.45, 2.75) is 34.1 Å². The van der Waals surface area contributed by atoms with Crippen molar-refractivity contribution in [2.24, 2.45) is 0 Å². The maximum absolute atomic E-state index is 12.5. The highest BCUT2D eigenvalue weighted by molar-refractivity contribution is 8.55. The van der Waals surface area contributed by atoms with Gasteiger partial charge in [-0.25, -0.2) is 9.25 Å². The SMILES string of the molecule is CCCSP(=O)(OCC)Oc1c(Cl)cc(Cl)cc1Cl.CCOP(=S)(OCC)Oc1ncn(-c2ccccc2)n1. The second kappa shape index (κ2) is 17.2. The first-order valence-electron chi connectivity index (χ1n) is 11.9. The van der Waals surface area contributed by atoms with E-state index in [4.69, 9.17) is 69.2 Å². The Balaban J connectivity index is 0.000000274. The first kappa shape index (κ1) is 34.4. The number of hydrogen-bond donors (Lipinski definition) is 0. The van der Waals surface area contributed by atoms with Crippen LogP contribution in [-0.4, -0.2) is 40.3 Å². The lowest BCUT2D eigenvalue weighted by atomic mass is 10.3. The molecule has 0 aliphatic heterocycles. The number of hydrogen-bond acceptors (Lipinski definition) is 10. The molecule has 0 aliphatic carbocycles. The second-order valence-corrected chi connectivity index (χ2v) is 15.5. The highest BCUT2D eigenvalue weighted by Gasteiger charge is 2.29. The van der Waals surface area contributed by atoms with Crippen molar-refractivity contribution < 1.29 is 27.2 Å². The van der Waals surface area contributed by atoms with Crippen LogP contribution in [0.5, 0.6) is 11.8 Å². The minimum Gasteiger partial charge on any atom is -0.414 e. The van der Waals surface area contributed by atoms with Crippen molar-refractivity contribution in [3.63, 3.8) is 0 Å². The fourth-order valence-corrected chi connectivity index (χ4v) is 9.07. The number of para-hydroxylation sites is 1. The van der Waals surface area contributed by atoms with E-state index >= 15 is 0 Å². The predicted molar refractivity (Wildman–Crippen MR) is 164 cm³/mol. The van der Waals surface area contributed by atoms with Gasteiger partial charge in [-0.15, -0.1) is 5.10 Å². The Hall–Kier alpha value is -0.840. The lowest BCUT2D eigenvalue weighted by molar-refractivity contribution is 0.214. The molecule has 16 heteroatoms. The van der Waals surface area contributed by atoms with Crippen molar-refractivity contribution in [1.82, 2.24) is 14.8 Å². The molecule has 2 aromatic carbocycles. The minimum absolute atomic E-state index is 0.133. The maximum Gasteiger partial charge on any atom is 0.440 e. The summed E-state index contributed by atoms with van der Waals surface area (Å²) in [6.07, 6.45) is 2.41. The Labute approximate surface area is 253 Å². The van der Waals surface area contributed by atoms with Crippen LogP contribution in [-0.2, 0) is 29.9 Å². The molecule has 0 amide bonds. The third-order valence-corrected chi connectivity index (χ3v) is 11.3. The van der Waals surface area contributed by atoms with Gasteiger partial charge in [0, 0.05) is 22.6 Å². The summed E-state index contributed by atoms with van der Waals surface area (Å²) in [4.78, 5) is 4.07. The molecule has 0 spiro atoms. The molecular formula is C23H30Cl3N3O6P2S2. The zero-order chi connectivity index (χ0) is 28.9. The van der Waals surface area contributed by atoms with Crippen LogP contribution in [0, 0.1) is 0 Å². The molecule has 216 valence electrons. The molecule has 0 bridgehead atoms. The van der Waals surface area contributed by atoms with E-state index in [1.54, 1.807) is 17.9 Å². The zero-order valence-electron chi connectivity index (χ0n) is 21.8. The van der Waals surface area contributed by atoms with E-state index in [9.17, 15) is 4.57 Å². The Morgan fingerprint density at radius 1 is 0.923 bits per heavy atom. The average molecular weight is 677 g/mol. The van der Waals surface area contributed by atoms with E-state index in [1.807, 2.05) is 51.1 Å². The highest BCUT2D eigenvalue weighted by atomic mass is 35.5. The monoisotopic (exact) mass is 675 g/mol. The fraction of sp³-hybridized carbons (Fsp3) is 0.391. The lowest BCUT2D eigenvalue weighted by Gasteiger charge is -2.19. The van der Waals surface area contributed by atoms with Gasteiger partial charge in [0.25, 0.3) is 0 Å². The predicted octanol–water partition coefficient (Wildman–Crippen LogP) is 9.26. The van der Waals surface area contributed by atoms with Crippen LogP contribution in [0.1, 0.15) is 34.1 Å². The van der Waals surface area contributed by atoms with Gasteiger partial charge in [0.15, 0.2) is 5.75 Å². The summed E-state index contributed by atoms with van der Waals surface area (Å²) in [7, 11) is 0. The normalized spacial score (nSPS) is 12.8. The first-order valence-corrected chi connectivity index (χ1v) is 18.7. The van der Waals surface area contributed by atoms with E-state index in [0.717, 1.165) is 23.5 Å². The summed E-state index contributed by atoms with van der Waals surface area (Å²) in [6.45, 7) is 2.34. The number of aromatic nitrogens is 3. The van der Waals surface area contributed by atoms with Gasteiger partial charge in [0.05, 0.1) is 35.6 Å². The Kier molecular flexibility index (Phi) is 15.1. The Morgan fingerprint density at radius 2 is 1.51 bits per heavy atom. The van der Waals surface area contributed by atoms with Gasteiger partial charge in [0.1, 0.15) is 6.33 Å². The van der Waals surface area contributed by atoms with Crippen molar-refractivity contribution in [3.8, 4) is 17.4 Å². The van der Waals surface area contributed by atoms with Gasteiger partial charge < -0.3 is 9.05 Å². The van der Waals surface area contributed by atoms with Crippen molar-refractivity contribution in [3.05, 3.63) is 63.9 Å². The van der Waals surface area contributed by atoms with Crippen LogP contribution in [0.25, 0.3) is 5.69 Å². The molecule has 0 radical (unpaired) electrons. The van der Waals surface area contributed by atoms with Gasteiger partial charge in [-0.1, -0.05) is 59.9 Å². The molecule has 0 saturated carbocycles. The summed E-state index contributed by atoms with van der Waals surface area (Å²) < 4.78 is 41.0. The number of rotatable bonds is 14. The summed E-state index contributed by atoms with van der Waals surface area (Å²) >= 11 is 24.2. The van der Waals surface area contributed by atoms with Crippen LogP contribution in [0.3, 0.4) is 0 Å². The van der Waals surface area contributed by atoms with Crippen molar-refractivity contribution in [2.75, 3.05) is 25.6 Å². The summed E-state index contributed by atoms with van der Waals surface area (Å²) in [5.74, 6) is 0.785. The minimum atomic E-state index is -3.32. The molecule has 0 N–H and O–H groups in total. The lowest BCUT2D eigenvalue weighted by Crippen LogP contribution is -2.03. The summed E-state index contributed by atoms with van der Waals surface area (Å²) in [5.41, 5.74) is 0.885. The number of nitrogens with zero attached hydrogens (tertiary/aromatic N) is 3. The standard InChI is InChI=1S/C12H16N3O3PS.C11H14Cl3O3PS/c1-3-16-19(20,17-4-2)18-12-13-10-15(14-12)11-8-6-5-7-9-11;1-3-5-19-18(15,16-4-2)17-11-9(13)6-8(12)7-10(11)14/h5-10H,3-4H2,1-2H3;6-7H,3-5H2,1-2H3. The molecule has 1 unspecified atom stereocenters. The van der Waals surface area contributed by atoms with E-state index in [2.05, 4.69) is 10.1 Å². The van der Waals surface area contributed by atoms with Gasteiger partial charge in [-0.05, 0) is 62.8 Å². The van der Waals surface area contributed by atoms with Gasteiger partial charge in [-0.2, -0.15) is 4.98 Å². The van der Waals surface area contributed by atoms with E-state index < -0.39 is 13.5 Å². The second-order valence-electron chi connectivity index (χ2n) is 7.17. The third-order valence-electron chi connectivity index (χ3n) is 4.17. The summed E-state index contributed by atoms with van der Waals surface area (Å²) in [6, 6.07) is 12.7. The van der Waals surface area contributed by atoms with Gasteiger partial charge in [0.2, 0.25) is 0 Å². The third kappa shape index (κ3) is 11.5. The molecule has 0 saturated heterocycles. The molecule has 0 fully saturated rings. The molecule has 3 rings (SSSR count). The topological polar surface area (TPSA) is 93.9 Å². The van der Waals surface area contributed by atoms with Crippen LogP contribution in [0.2, 0.25) is 15.1 Å². The maximum atomic E-state index is 12.5. The molecule has 3 aromatic rings. The molecule has 39 heavy (non-hydrogen) atoms. The zero-order valence-corrected chi connectivity index (χ0v) is 27.5. The van der Waals surface area contributed by atoms with Gasteiger partial charge in [-0.3, -0.25) is 13.6 Å². The number of halogens is 3. The highest BCUT2D eigenvalue weighted by Crippen LogP contribution is 2.61. The van der Waals surface area contributed by atoms with E-state index in [0.29, 0.717) is 24.0 Å². The smallest absolute Gasteiger partial charge is 0.414 e. The van der Waals surface area contributed by atoms with Crippen LogP contribution in [0.15, 0.2) is 48.8 Å². The number of benzene rings is 2. The molecular weight excluding hydrogens is 647 g/mol. The fourth-order valence-electron chi connectivity index (χ4n) is 2.68. The van der Waals surface area contributed by atoms with E-state index in [1.165, 1.54) is 12.1 Å². The molecule has 0 aliphatic rings. The van der Waals surface area contributed by atoms with Crippen LogP contribution < -0.4 is 9.05 Å². The first-order chi connectivity index (χ1) is 18.6.